The van der Waals surface area contributed by atoms with Crippen molar-refractivity contribution in [2.75, 3.05) is 24.9 Å². The first-order valence-corrected chi connectivity index (χ1v) is 9.71. The van der Waals surface area contributed by atoms with Crippen LogP contribution in [-0.2, 0) is 0 Å². The molecule has 8 heteroatoms. The highest BCUT2D eigenvalue weighted by Crippen LogP contribution is 2.18. The summed E-state index contributed by atoms with van der Waals surface area (Å²) >= 11 is 5.23. The van der Waals surface area contributed by atoms with Gasteiger partial charge in [-0.2, -0.15) is 0 Å². The number of anilines is 2. The summed E-state index contributed by atoms with van der Waals surface area (Å²) in [4.78, 5) is 24.9. The van der Waals surface area contributed by atoms with Crippen LogP contribution in [0.4, 0.5) is 11.4 Å². The van der Waals surface area contributed by atoms with Crippen molar-refractivity contribution in [1.82, 2.24) is 5.32 Å². The predicted molar refractivity (Wildman–Crippen MR) is 124 cm³/mol. The summed E-state index contributed by atoms with van der Waals surface area (Å²) < 4.78 is 10.3. The summed E-state index contributed by atoms with van der Waals surface area (Å²) in [5.41, 5.74) is 2.07. The molecular formula is C23H21N3O4S. The molecule has 31 heavy (non-hydrogen) atoms. The Labute approximate surface area is 185 Å². The second-order valence-corrected chi connectivity index (χ2v) is 6.82. The molecule has 3 rings (SSSR count). The second-order valence-electron chi connectivity index (χ2n) is 6.41. The van der Waals surface area contributed by atoms with E-state index in [9.17, 15) is 9.59 Å². The molecule has 0 radical (unpaired) electrons. The number of nitrogens with one attached hydrogen (secondary N) is 3. The van der Waals surface area contributed by atoms with Crippen LogP contribution in [0.5, 0.6) is 11.5 Å². The number of ether oxygens (including phenoxy) is 2. The van der Waals surface area contributed by atoms with Crippen molar-refractivity contribution in [3.63, 3.8) is 0 Å². The van der Waals surface area contributed by atoms with Gasteiger partial charge in [-0.15, -0.1) is 0 Å². The lowest BCUT2D eigenvalue weighted by Gasteiger charge is -2.12. The van der Waals surface area contributed by atoms with E-state index in [1.807, 2.05) is 0 Å². The zero-order valence-corrected chi connectivity index (χ0v) is 17.8. The fourth-order valence-corrected chi connectivity index (χ4v) is 2.95. The number of benzene rings is 3. The van der Waals surface area contributed by atoms with E-state index in [0.717, 1.165) is 0 Å². The summed E-state index contributed by atoms with van der Waals surface area (Å²) in [5, 5.41) is 8.51. The average molecular weight is 436 g/mol. The molecule has 0 fully saturated rings. The quantitative estimate of drug-likeness (QED) is 0.506. The molecule has 0 aromatic heterocycles. The molecule has 0 atom stereocenters. The topological polar surface area (TPSA) is 88.7 Å². The number of thiocarbonyl (C=S) groups is 1. The van der Waals surface area contributed by atoms with E-state index in [2.05, 4.69) is 16.0 Å². The van der Waals surface area contributed by atoms with Crippen molar-refractivity contribution >= 4 is 40.5 Å². The highest BCUT2D eigenvalue weighted by molar-refractivity contribution is 7.80. The van der Waals surface area contributed by atoms with Crippen LogP contribution in [0.25, 0.3) is 0 Å². The molecule has 3 N–H and O–H groups in total. The van der Waals surface area contributed by atoms with Crippen LogP contribution in [-0.4, -0.2) is 31.1 Å². The first-order chi connectivity index (χ1) is 15.0. The molecule has 7 nitrogen and oxygen atoms in total. The van der Waals surface area contributed by atoms with Gasteiger partial charge in [0.05, 0.1) is 14.2 Å². The first-order valence-electron chi connectivity index (χ1n) is 9.30. The Bertz CT molecular complexity index is 1120. The van der Waals surface area contributed by atoms with Gasteiger partial charge in [-0.3, -0.25) is 14.9 Å². The monoisotopic (exact) mass is 435 g/mol. The normalized spacial score (nSPS) is 10.0. The molecule has 0 heterocycles. The maximum Gasteiger partial charge on any atom is 0.257 e. The van der Waals surface area contributed by atoms with Crippen LogP contribution in [0.2, 0.25) is 0 Å². The molecule has 2 amide bonds. The molecule has 0 aliphatic heterocycles. The van der Waals surface area contributed by atoms with E-state index in [-0.39, 0.29) is 16.9 Å². The highest BCUT2D eigenvalue weighted by atomic mass is 32.1. The van der Waals surface area contributed by atoms with Gasteiger partial charge in [-0.1, -0.05) is 18.2 Å². The molecule has 0 aliphatic carbocycles. The summed E-state index contributed by atoms with van der Waals surface area (Å²) in [6, 6.07) is 20.6. The molecule has 0 unspecified atom stereocenters. The number of methoxy groups -OCH3 is 2. The minimum atomic E-state index is -0.362. The molecule has 3 aromatic rings. The molecule has 0 saturated carbocycles. The summed E-state index contributed by atoms with van der Waals surface area (Å²) in [7, 11) is 3.07. The summed E-state index contributed by atoms with van der Waals surface area (Å²) in [6.07, 6.45) is 0. The molecule has 0 saturated heterocycles. The van der Waals surface area contributed by atoms with Gasteiger partial charge in [0.25, 0.3) is 11.8 Å². The standard InChI is InChI=1S/C23H21N3O4S/c1-29-19-10-3-6-15(12-19)21(27)24-17-8-5-9-18(14-17)25-23(31)26-22(28)16-7-4-11-20(13-16)30-2/h3-14H,1-2H3,(H,24,27)(H2,25,26,28,31). The third-order valence-corrected chi connectivity index (χ3v) is 4.47. The Hall–Kier alpha value is -3.91. The lowest BCUT2D eigenvalue weighted by Crippen LogP contribution is -2.34. The van der Waals surface area contributed by atoms with E-state index in [0.29, 0.717) is 34.0 Å². The van der Waals surface area contributed by atoms with Crippen LogP contribution in [0, 0.1) is 0 Å². The lowest BCUT2D eigenvalue weighted by molar-refractivity contribution is 0.0976. The smallest absolute Gasteiger partial charge is 0.257 e. The maximum atomic E-state index is 12.5. The Morgan fingerprint density at radius 2 is 1.23 bits per heavy atom. The van der Waals surface area contributed by atoms with Gasteiger partial charge in [0.2, 0.25) is 0 Å². The minimum absolute atomic E-state index is 0.129. The van der Waals surface area contributed by atoms with Crippen LogP contribution in [0.15, 0.2) is 72.8 Å². The van der Waals surface area contributed by atoms with Gasteiger partial charge in [0.15, 0.2) is 5.11 Å². The van der Waals surface area contributed by atoms with Gasteiger partial charge in [-0.05, 0) is 66.8 Å². The molecule has 3 aromatic carbocycles. The second kappa shape index (κ2) is 10.2. The summed E-state index contributed by atoms with van der Waals surface area (Å²) in [5.74, 6) is 0.537. The van der Waals surface area contributed by atoms with Crippen molar-refractivity contribution in [3.8, 4) is 11.5 Å². The fourth-order valence-electron chi connectivity index (χ4n) is 2.74. The maximum absolute atomic E-state index is 12.5. The molecule has 0 bridgehead atoms. The molecular weight excluding hydrogens is 414 g/mol. The van der Waals surface area contributed by atoms with Gasteiger partial charge < -0.3 is 20.1 Å². The Morgan fingerprint density at radius 3 is 1.81 bits per heavy atom. The lowest BCUT2D eigenvalue weighted by atomic mass is 10.2. The zero-order valence-electron chi connectivity index (χ0n) is 17.0. The fraction of sp³-hybridized carbons (Fsp3) is 0.0870. The van der Waals surface area contributed by atoms with Crippen molar-refractivity contribution in [3.05, 3.63) is 83.9 Å². The summed E-state index contributed by atoms with van der Waals surface area (Å²) in [6.45, 7) is 0. The van der Waals surface area contributed by atoms with E-state index in [4.69, 9.17) is 21.7 Å². The number of amides is 2. The Balaban J connectivity index is 1.62. The average Bonchev–Trinajstić information content (AvgIpc) is 2.79. The number of hydrogen-bond donors (Lipinski definition) is 3. The van der Waals surface area contributed by atoms with Crippen molar-refractivity contribution < 1.29 is 19.1 Å². The number of hydrogen-bond acceptors (Lipinski definition) is 5. The minimum Gasteiger partial charge on any atom is -0.497 e. The largest absolute Gasteiger partial charge is 0.497 e. The Morgan fingerprint density at radius 1 is 0.710 bits per heavy atom. The number of carbonyl (C=O) groups excluding carboxylic acids is 2. The van der Waals surface area contributed by atoms with E-state index in [1.165, 1.54) is 7.11 Å². The first kappa shape index (κ1) is 21.8. The predicted octanol–water partition coefficient (Wildman–Crippen LogP) is 4.08. The van der Waals surface area contributed by atoms with Crippen molar-refractivity contribution in [2.24, 2.45) is 0 Å². The number of rotatable bonds is 6. The van der Waals surface area contributed by atoms with Crippen molar-refractivity contribution in [2.45, 2.75) is 0 Å². The van der Waals surface area contributed by atoms with Gasteiger partial charge in [-0.25, -0.2) is 0 Å². The van der Waals surface area contributed by atoms with Crippen LogP contribution >= 0.6 is 12.2 Å². The third-order valence-electron chi connectivity index (χ3n) is 4.27. The van der Waals surface area contributed by atoms with E-state index >= 15 is 0 Å². The molecule has 0 spiro atoms. The SMILES string of the molecule is COc1cccc(C(=O)NC(=S)Nc2cccc(NC(=O)c3cccc(OC)c3)c2)c1. The van der Waals surface area contributed by atoms with Gasteiger partial charge in [0, 0.05) is 22.5 Å². The van der Waals surface area contributed by atoms with E-state index in [1.54, 1.807) is 79.9 Å². The number of carbonyl (C=O) groups is 2. The molecule has 158 valence electrons. The van der Waals surface area contributed by atoms with E-state index < -0.39 is 0 Å². The highest BCUT2D eigenvalue weighted by Gasteiger charge is 2.10. The van der Waals surface area contributed by atoms with Crippen LogP contribution in [0.1, 0.15) is 20.7 Å². The third kappa shape index (κ3) is 6.03. The van der Waals surface area contributed by atoms with Crippen LogP contribution < -0.4 is 25.4 Å². The Kier molecular flexibility index (Phi) is 7.18. The van der Waals surface area contributed by atoms with Crippen molar-refractivity contribution in [1.29, 1.82) is 0 Å². The molecule has 0 aliphatic rings. The zero-order chi connectivity index (χ0) is 22.2. The van der Waals surface area contributed by atoms with Gasteiger partial charge >= 0.3 is 0 Å². The van der Waals surface area contributed by atoms with Gasteiger partial charge in [0.1, 0.15) is 11.5 Å². The van der Waals surface area contributed by atoms with Crippen LogP contribution in [0.3, 0.4) is 0 Å².